The van der Waals surface area contributed by atoms with Crippen LogP contribution in [0.25, 0.3) is 0 Å². The largest absolute Gasteiger partial charge is 0.418 e. The summed E-state index contributed by atoms with van der Waals surface area (Å²) in [7, 11) is 0. The van der Waals surface area contributed by atoms with Crippen LogP contribution in [-0.4, -0.2) is 10.9 Å². The van der Waals surface area contributed by atoms with E-state index in [-0.39, 0.29) is 11.1 Å². The molecular formula is C22H16F6N2O. The molecule has 3 nitrogen and oxygen atoms in total. The van der Waals surface area contributed by atoms with E-state index in [0.717, 1.165) is 48.2 Å². The van der Waals surface area contributed by atoms with Crippen LogP contribution in [0.3, 0.4) is 0 Å². The number of rotatable bonds is 4. The molecule has 1 unspecified atom stereocenters. The van der Waals surface area contributed by atoms with Gasteiger partial charge in [-0.15, -0.1) is 0 Å². The number of nitrogens with zero attached hydrogens (tertiary/aromatic N) is 1. The van der Waals surface area contributed by atoms with Crippen molar-refractivity contribution in [3.05, 3.63) is 100 Å². The monoisotopic (exact) mass is 438 g/mol. The smallest absolute Gasteiger partial charge is 0.340 e. The molecule has 0 saturated heterocycles. The van der Waals surface area contributed by atoms with Gasteiger partial charge in [0.1, 0.15) is 0 Å². The van der Waals surface area contributed by atoms with Crippen LogP contribution in [0, 0.1) is 6.92 Å². The Kier molecular flexibility index (Phi) is 6.06. The Balaban J connectivity index is 2.08. The summed E-state index contributed by atoms with van der Waals surface area (Å²) in [5.41, 5.74) is -1.59. The van der Waals surface area contributed by atoms with E-state index in [2.05, 4.69) is 10.3 Å². The molecule has 3 aromatic rings. The number of aryl methyl sites for hydroxylation is 1. The number of aromatic nitrogens is 1. The number of alkyl halides is 6. The first-order chi connectivity index (χ1) is 14.5. The van der Waals surface area contributed by atoms with Gasteiger partial charge in [0.2, 0.25) is 0 Å². The van der Waals surface area contributed by atoms with Crippen molar-refractivity contribution in [2.75, 3.05) is 0 Å². The molecule has 0 aliphatic heterocycles. The molecule has 2 aromatic carbocycles. The summed E-state index contributed by atoms with van der Waals surface area (Å²) in [5, 5.41) is 2.48. The Labute approximate surface area is 173 Å². The number of amides is 1. The molecule has 9 heteroatoms. The van der Waals surface area contributed by atoms with E-state index < -0.39 is 41.1 Å². The van der Waals surface area contributed by atoms with E-state index in [0.29, 0.717) is 0 Å². The molecule has 162 valence electrons. The molecule has 31 heavy (non-hydrogen) atoms. The van der Waals surface area contributed by atoms with Crippen molar-refractivity contribution in [2.24, 2.45) is 0 Å². The van der Waals surface area contributed by atoms with E-state index in [4.69, 9.17) is 0 Å². The lowest BCUT2D eigenvalue weighted by Crippen LogP contribution is -2.31. The van der Waals surface area contributed by atoms with E-state index in [1.54, 1.807) is 25.1 Å². The third kappa shape index (κ3) is 5.22. The van der Waals surface area contributed by atoms with Crippen LogP contribution < -0.4 is 5.32 Å². The Morgan fingerprint density at radius 3 is 2.16 bits per heavy atom. The quantitative estimate of drug-likeness (QED) is 0.512. The van der Waals surface area contributed by atoms with Crippen molar-refractivity contribution in [1.29, 1.82) is 0 Å². The van der Waals surface area contributed by atoms with Crippen molar-refractivity contribution < 1.29 is 31.1 Å². The second-order valence-electron chi connectivity index (χ2n) is 6.83. The Morgan fingerprint density at radius 1 is 0.903 bits per heavy atom. The summed E-state index contributed by atoms with van der Waals surface area (Å²) in [6.07, 6.45) is -8.26. The molecule has 1 amide bonds. The van der Waals surface area contributed by atoms with Gasteiger partial charge in [-0.1, -0.05) is 29.8 Å². The van der Waals surface area contributed by atoms with E-state index >= 15 is 0 Å². The highest BCUT2D eigenvalue weighted by Crippen LogP contribution is 2.36. The van der Waals surface area contributed by atoms with Gasteiger partial charge in [0.15, 0.2) is 0 Å². The fraction of sp³-hybridized carbons (Fsp3) is 0.182. The Bertz CT molecular complexity index is 1070. The van der Waals surface area contributed by atoms with Gasteiger partial charge in [-0.3, -0.25) is 9.78 Å². The molecular weight excluding hydrogens is 422 g/mol. The number of carbonyl (C=O) groups is 1. The van der Waals surface area contributed by atoms with Crippen LogP contribution in [0.4, 0.5) is 26.3 Å². The highest BCUT2D eigenvalue weighted by Gasteiger charge is 2.37. The maximum absolute atomic E-state index is 13.6. The highest BCUT2D eigenvalue weighted by atomic mass is 19.4. The van der Waals surface area contributed by atoms with Crippen LogP contribution >= 0.6 is 0 Å². The summed E-state index contributed by atoms with van der Waals surface area (Å²) < 4.78 is 79.4. The molecule has 0 bridgehead atoms. The van der Waals surface area contributed by atoms with Crippen molar-refractivity contribution in [3.8, 4) is 0 Å². The molecule has 1 heterocycles. The summed E-state index contributed by atoms with van der Waals surface area (Å²) in [6.45, 7) is 1.74. The zero-order chi connectivity index (χ0) is 22.8. The van der Waals surface area contributed by atoms with E-state index in [9.17, 15) is 31.1 Å². The summed E-state index contributed by atoms with van der Waals surface area (Å²) in [6, 6.07) is 10.4. The molecule has 0 spiro atoms. The summed E-state index contributed by atoms with van der Waals surface area (Å²) >= 11 is 0. The second kappa shape index (κ2) is 8.41. The van der Waals surface area contributed by atoms with Gasteiger partial charge in [-0.25, -0.2) is 0 Å². The molecule has 0 aliphatic rings. The van der Waals surface area contributed by atoms with Gasteiger partial charge in [0, 0.05) is 11.8 Å². The molecule has 0 aliphatic carbocycles. The molecule has 3 rings (SSSR count). The van der Waals surface area contributed by atoms with Crippen LogP contribution in [0.2, 0.25) is 0 Å². The summed E-state index contributed by atoms with van der Waals surface area (Å²) in [4.78, 5) is 16.5. The van der Waals surface area contributed by atoms with E-state index in [1.165, 1.54) is 6.07 Å². The van der Waals surface area contributed by atoms with Gasteiger partial charge in [-0.2, -0.15) is 26.3 Å². The number of nitrogens with one attached hydrogen (secondary N) is 1. The van der Waals surface area contributed by atoms with E-state index in [1.807, 2.05) is 0 Å². The van der Waals surface area contributed by atoms with Crippen molar-refractivity contribution in [1.82, 2.24) is 10.3 Å². The zero-order valence-corrected chi connectivity index (χ0v) is 16.1. The number of hydrogen-bond donors (Lipinski definition) is 1. The first-order valence-corrected chi connectivity index (χ1v) is 9.03. The number of carbonyl (C=O) groups excluding carboxylic acids is 1. The minimum atomic E-state index is -4.78. The number of pyridine rings is 1. The summed E-state index contributed by atoms with van der Waals surface area (Å²) in [5.74, 6) is -0.688. The molecule has 1 aromatic heterocycles. The molecule has 0 saturated carbocycles. The van der Waals surface area contributed by atoms with Gasteiger partial charge >= 0.3 is 12.4 Å². The fourth-order valence-electron chi connectivity index (χ4n) is 3.06. The van der Waals surface area contributed by atoms with Gasteiger partial charge < -0.3 is 5.32 Å². The van der Waals surface area contributed by atoms with Crippen LogP contribution in [-0.2, 0) is 12.4 Å². The molecule has 1 N–H and O–H groups in total. The minimum absolute atomic E-state index is 0.0261. The fourth-order valence-corrected chi connectivity index (χ4v) is 3.06. The SMILES string of the molecule is Cc1cccc(C(=O)NC(c2ccc(C(F)(F)F)cc2)c2ncccc2C(F)(F)F)c1. The van der Waals surface area contributed by atoms with Crippen molar-refractivity contribution in [3.63, 3.8) is 0 Å². The standard InChI is InChI=1S/C22H16F6N2O/c1-13-4-2-5-15(12-13)20(31)30-18(14-7-9-16(10-8-14)21(23,24)25)19-17(22(26,27)28)6-3-11-29-19/h2-12,18H,1H3,(H,30,31). The lowest BCUT2D eigenvalue weighted by molar-refractivity contribution is -0.139. The average molecular weight is 438 g/mol. The first-order valence-electron chi connectivity index (χ1n) is 9.03. The molecule has 0 fully saturated rings. The predicted molar refractivity (Wildman–Crippen MR) is 101 cm³/mol. The average Bonchev–Trinajstić information content (AvgIpc) is 2.71. The molecule has 1 atom stereocenters. The van der Waals surface area contributed by atoms with Crippen LogP contribution in [0.5, 0.6) is 0 Å². The Morgan fingerprint density at radius 2 is 1.58 bits per heavy atom. The van der Waals surface area contributed by atoms with Crippen LogP contribution in [0.15, 0.2) is 66.9 Å². The van der Waals surface area contributed by atoms with Crippen molar-refractivity contribution >= 4 is 5.91 Å². The number of benzene rings is 2. The minimum Gasteiger partial charge on any atom is -0.340 e. The predicted octanol–water partition coefficient (Wildman–Crippen LogP) is 5.95. The van der Waals surface area contributed by atoms with Gasteiger partial charge in [0.25, 0.3) is 5.91 Å². The van der Waals surface area contributed by atoms with Crippen LogP contribution in [0.1, 0.15) is 44.3 Å². The zero-order valence-electron chi connectivity index (χ0n) is 16.1. The van der Waals surface area contributed by atoms with Crippen molar-refractivity contribution in [2.45, 2.75) is 25.3 Å². The number of hydrogen-bond acceptors (Lipinski definition) is 2. The van der Waals surface area contributed by atoms with Gasteiger partial charge in [0.05, 0.1) is 22.9 Å². The maximum atomic E-state index is 13.6. The first kappa shape index (κ1) is 22.3. The second-order valence-corrected chi connectivity index (χ2v) is 6.83. The lowest BCUT2D eigenvalue weighted by Gasteiger charge is -2.23. The maximum Gasteiger partial charge on any atom is 0.418 e. The number of halogens is 6. The molecule has 0 radical (unpaired) electrons. The lowest BCUT2D eigenvalue weighted by atomic mass is 9.97. The Hall–Kier alpha value is -3.36. The third-order valence-corrected chi connectivity index (χ3v) is 4.54. The topological polar surface area (TPSA) is 42.0 Å². The normalized spacial score (nSPS) is 13.0. The third-order valence-electron chi connectivity index (χ3n) is 4.54. The highest BCUT2D eigenvalue weighted by molar-refractivity contribution is 5.94. The van der Waals surface area contributed by atoms with Gasteiger partial charge in [-0.05, 0) is 48.9 Å².